The van der Waals surface area contributed by atoms with Gasteiger partial charge in [-0.25, -0.2) is 12.7 Å². The van der Waals surface area contributed by atoms with E-state index < -0.39 is 10.0 Å². The van der Waals surface area contributed by atoms with Gasteiger partial charge in [-0.15, -0.1) is 0 Å². The van der Waals surface area contributed by atoms with Crippen LogP contribution in [0.15, 0.2) is 58.4 Å². The molecular weight excluding hydrogens is 364 g/mol. The highest BCUT2D eigenvalue weighted by Gasteiger charge is 2.20. The zero-order valence-corrected chi connectivity index (χ0v) is 16.9. The Morgan fingerprint density at radius 1 is 1.00 bits per heavy atom. The molecule has 0 aliphatic rings. The van der Waals surface area contributed by atoms with Crippen LogP contribution in [0.2, 0.25) is 0 Å². The summed E-state index contributed by atoms with van der Waals surface area (Å²) in [7, 11) is 2.83. The van der Waals surface area contributed by atoms with Crippen molar-refractivity contribution in [2.45, 2.75) is 18.0 Å². The average Bonchev–Trinajstić information content (AvgIpc) is 2.68. The highest BCUT2D eigenvalue weighted by Crippen LogP contribution is 2.18. The van der Waals surface area contributed by atoms with Crippen molar-refractivity contribution in [2.24, 2.45) is 4.99 Å². The van der Waals surface area contributed by atoms with Crippen LogP contribution in [0.4, 0.5) is 0 Å². The van der Waals surface area contributed by atoms with Crippen LogP contribution in [-0.2, 0) is 23.1 Å². The van der Waals surface area contributed by atoms with Crippen molar-refractivity contribution < 1.29 is 13.2 Å². The van der Waals surface area contributed by atoms with Gasteiger partial charge >= 0.3 is 0 Å². The number of sulfonamides is 1. The molecule has 0 radical (unpaired) electrons. The number of nitrogens with zero attached hydrogens (tertiary/aromatic N) is 2. The van der Waals surface area contributed by atoms with Gasteiger partial charge in [0.1, 0.15) is 5.75 Å². The van der Waals surface area contributed by atoms with Gasteiger partial charge in [-0.3, -0.25) is 4.99 Å². The minimum atomic E-state index is -3.51. The Hall–Kier alpha value is -2.58. The molecule has 0 fully saturated rings. The number of hydrogen-bond donors (Lipinski definition) is 2. The van der Waals surface area contributed by atoms with E-state index in [9.17, 15) is 8.42 Å². The fraction of sp³-hybridized carbons (Fsp3) is 0.316. The maximum absolute atomic E-state index is 12.5. The van der Waals surface area contributed by atoms with E-state index in [1.807, 2.05) is 30.3 Å². The number of ether oxygens (including phenoxy) is 1. The summed E-state index contributed by atoms with van der Waals surface area (Å²) in [6, 6.07) is 14.7. The molecule has 2 N–H and O–H groups in total. The van der Waals surface area contributed by atoms with Crippen molar-refractivity contribution in [3.05, 3.63) is 59.7 Å². The molecule has 0 saturated carbocycles. The molecular formula is C19H26N4O3S. The first-order valence-corrected chi connectivity index (χ1v) is 9.91. The largest absolute Gasteiger partial charge is 0.496 e. The third kappa shape index (κ3) is 5.21. The first kappa shape index (κ1) is 20.7. The molecule has 0 heterocycles. The molecule has 2 aromatic carbocycles. The molecule has 0 amide bonds. The molecule has 0 aromatic heterocycles. The van der Waals surface area contributed by atoms with E-state index in [-0.39, 0.29) is 4.90 Å². The first-order chi connectivity index (χ1) is 12.9. The molecule has 0 unspecified atom stereocenters. The number of rotatable bonds is 7. The highest BCUT2D eigenvalue weighted by molar-refractivity contribution is 7.89. The lowest BCUT2D eigenvalue weighted by molar-refractivity contribution is 0.409. The molecule has 7 nitrogen and oxygen atoms in total. The average molecular weight is 391 g/mol. The van der Waals surface area contributed by atoms with E-state index in [0.717, 1.165) is 11.3 Å². The van der Waals surface area contributed by atoms with Crippen molar-refractivity contribution in [3.8, 4) is 5.75 Å². The lowest BCUT2D eigenvalue weighted by Crippen LogP contribution is -2.37. The van der Waals surface area contributed by atoms with Crippen molar-refractivity contribution >= 4 is 16.0 Å². The van der Waals surface area contributed by atoms with Gasteiger partial charge in [0.25, 0.3) is 0 Å². The fourth-order valence-corrected chi connectivity index (χ4v) is 3.64. The van der Waals surface area contributed by atoms with E-state index in [4.69, 9.17) is 4.74 Å². The van der Waals surface area contributed by atoms with Crippen LogP contribution in [-0.4, -0.2) is 46.9 Å². The van der Waals surface area contributed by atoms with E-state index in [0.29, 0.717) is 24.6 Å². The summed E-state index contributed by atoms with van der Waals surface area (Å²) in [6.07, 6.45) is 0. The Morgan fingerprint density at radius 3 is 2.15 bits per heavy atom. The SMILES string of the molecule is CN=C(NCc1ccccc1OC)NCc1ccccc1S(=O)(=O)N(C)C. The van der Waals surface area contributed by atoms with Crippen molar-refractivity contribution in [1.82, 2.24) is 14.9 Å². The predicted octanol–water partition coefficient (Wildman–Crippen LogP) is 1.81. The zero-order chi connectivity index (χ0) is 19.9. The van der Waals surface area contributed by atoms with Gasteiger partial charge in [0.05, 0.1) is 12.0 Å². The minimum absolute atomic E-state index is 0.280. The van der Waals surface area contributed by atoms with Gasteiger partial charge < -0.3 is 15.4 Å². The van der Waals surface area contributed by atoms with Crippen LogP contribution in [0.1, 0.15) is 11.1 Å². The third-order valence-electron chi connectivity index (χ3n) is 4.04. The molecule has 0 aliphatic carbocycles. The fourth-order valence-electron chi connectivity index (χ4n) is 2.53. The second-order valence-corrected chi connectivity index (χ2v) is 8.11. The van der Waals surface area contributed by atoms with Crippen LogP contribution < -0.4 is 15.4 Å². The van der Waals surface area contributed by atoms with Crippen LogP contribution in [0.25, 0.3) is 0 Å². The van der Waals surface area contributed by atoms with Gasteiger partial charge in [-0.05, 0) is 17.7 Å². The molecule has 2 rings (SSSR count). The van der Waals surface area contributed by atoms with Crippen molar-refractivity contribution in [3.63, 3.8) is 0 Å². The second kappa shape index (κ2) is 9.38. The van der Waals surface area contributed by atoms with Crippen LogP contribution in [0.3, 0.4) is 0 Å². The van der Waals surface area contributed by atoms with Crippen LogP contribution >= 0.6 is 0 Å². The molecule has 0 bridgehead atoms. The van der Waals surface area contributed by atoms with E-state index in [2.05, 4.69) is 15.6 Å². The summed E-state index contributed by atoms with van der Waals surface area (Å²) in [4.78, 5) is 4.47. The summed E-state index contributed by atoms with van der Waals surface area (Å²) in [5, 5.41) is 6.37. The number of guanidine groups is 1. The van der Waals surface area contributed by atoms with Gasteiger partial charge in [0.2, 0.25) is 10.0 Å². The number of aliphatic imine (C=N–C) groups is 1. The molecule has 8 heteroatoms. The van der Waals surface area contributed by atoms with E-state index in [1.54, 1.807) is 32.4 Å². The molecule has 0 spiro atoms. The smallest absolute Gasteiger partial charge is 0.242 e. The lowest BCUT2D eigenvalue weighted by atomic mass is 10.2. The number of para-hydroxylation sites is 1. The molecule has 0 aliphatic heterocycles. The van der Waals surface area contributed by atoms with Crippen molar-refractivity contribution in [1.29, 1.82) is 0 Å². The third-order valence-corrected chi connectivity index (χ3v) is 5.96. The Labute approximate surface area is 161 Å². The Balaban J connectivity index is 2.07. The van der Waals surface area contributed by atoms with Gasteiger partial charge in [0, 0.05) is 39.8 Å². The zero-order valence-electron chi connectivity index (χ0n) is 16.1. The van der Waals surface area contributed by atoms with E-state index >= 15 is 0 Å². The number of nitrogens with one attached hydrogen (secondary N) is 2. The topological polar surface area (TPSA) is 83.0 Å². The Bertz CT molecular complexity index is 895. The quantitative estimate of drug-likeness (QED) is 0.557. The summed E-state index contributed by atoms with van der Waals surface area (Å²) in [5.74, 6) is 1.36. The molecule has 2 aromatic rings. The summed E-state index contributed by atoms with van der Waals surface area (Å²) < 4.78 is 31.5. The number of methoxy groups -OCH3 is 1. The molecule has 0 saturated heterocycles. The standard InChI is InChI=1S/C19H26N4O3S/c1-20-19(21-13-15-9-5-7-11-17(15)26-4)22-14-16-10-6-8-12-18(16)27(24,25)23(2)3/h5-12H,13-14H2,1-4H3,(H2,20,21,22). The first-order valence-electron chi connectivity index (χ1n) is 8.47. The second-order valence-electron chi connectivity index (χ2n) is 5.99. The predicted molar refractivity (Wildman–Crippen MR) is 107 cm³/mol. The normalized spacial score (nSPS) is 12.1. The molecule has 27 heavy (non-hydrogen) atoms. The van der Waals surface area contributed by atoms with Gasteiger partial charge in [0.15, 0.2) is 5.96 Å². The summed E-state index contributed by atoms with van der Waals surface area (Å²) >= 11 is 0. The van der Waals surface area contributed by atoms with Crippen LogP contribution in [0.5, 0.6) is 5.75 Å². The van der Waals surface area contributed by atoms with Gasteiger partial charge in [-0.2, -0.15) is 0 Å². The minimum Gasteiger partial charge on any atom is -0.496 e. The monoisotopic (exact) mass is 390 g/mol. The molecule has 146 valence electrons. The molecule has 0 atom stereocenters. The Morgan fingerprint density at radius 2 is 1.56 bits per heavy atom. The number of hydrogen-bond acceptors (Lipinski definition) is 4. The van der Waals surface area contributed by atoms with Crippen LogP contribution in [0, 0.1) is 0 Å². The maximum Gasteiger partial charge on any atom is 0.242 e. The highest BCUT2D eigenvalue weighted by atomic mass is 32.2. The summed E-state index contributed by atoms with van der Waals surface area (Å²) in [5.41, 5.74) is 1.67. The summed E-state index contributed by atoms with van der Waals surface area (Å²) in [6.45, 7) is 0.857. The van der Waals surface area contributed by atoms with Gasteiger partial charge in [-0.1, -0.05) is 36.4 Å². The lowest BCUT2D eigenvalue weighted by Gasteiger charge is -2.17. The van der Waals surface area contributed by atoms with Crippen molar-refractivity contribution in [2.75, 3.05) is 28.3 Å². The van der Waals surface area contributed by atoms with E-state index in [1.165, 1.54) is 18.4 Å². The maximum atomic E-state index is 12.5. The Kier molecular flexibility index (Phi) is 7.20. The number of benzene rings is 2.